The van der Waals surface area contributed by atoms with Crippen molar-refractivity contribution in [2.75, 3.05) is 70.3 Å². The van der Waals surface area contributed by atoms with Gasteiger partial charge in [0.05, 0.1) is 47.9 Å². The number of ether oxygens (including phenoxy) is 6. The van der Waals surface area contributed by atoms with Crippen LogP contribution in [0.15, 0.2) is 171 Å². The lowest BCUT2D eigenvalue weighted by Gasteiger charge is -2.42. The molecule has 2 unspecified atom stereocenters. The molecule has 29 nitrogen and oxygen atoms in total. The zero-order valence-electron chi connectivity index (χ0n) is 64.6. The van der Waals surface area contributed by atoms with E-state index in [1.807, 2.05) is 92.8 Å². The zero-order valence-corrected chi connectivity index (χ0v) is 64.6. The molecule has 7 heterocycles. The second kappa shape index (κ2) is 37.5. The molecule has 2 saturated heterocycles. The quantitative estimate of drug-likeness (QED) is 0.0159. The molecule has 3 atom stereocenters. The van der Waals surface area contributed by atoms with Crippen molar-refractivity contribution >= 4 is 99.6 Å². The Balaban J connectivity index is 0.000000271. The number of carbonyl (C=O) groups excluding carboxylic acids is 11. The Bertz CT molecular complexity index is 5000. The van der Waals surface area contributed by atoms with E-state index in [2.05, 4.69) is 38.5 Å². The van der Waals surface area contributed by atoms with Gasteiger partial charge in [-0.3, -0.25) is 34.1 Å². The maximum Gasteiger partial charge on any atom is 0.416 e. The number of carbonyl (C=O) groups is 9. The van der Waals surface area contributed by atoms with Gasteiger partial charge >= 0.3 is 24.3 Å². The summed E-state index contributed by atoms with van der Waals surface area (Å²) in [5.74, 6) is -1.72. The topological polar surface area (TPSA) is 342 Å². The number of nitrogens with zero attached hydrogens (tertiary/aromatic N) is 6. The number of hydrogen-bond acceptors (Lipinski definition) is 17. The van der Waals surface area contributed by atoms with E-state index in [4.69, 9.17) is 38.0 Å². The number of methoxy groups -OCH3 is 1. The number of esters is 1. The van der Waals surface area contributed by atoms with Crippen molar-refractivity contribution in [2.24, 2.45) is 28.2 Å². The number of fused-ring (bicyclic) bond motifs is 2. The molecule has 8 amide bonds. The van der Waals surface area contributed by atoms with Crippen molar-refractivity contribution in [1.82, 2.24) is 23.2 Å². The molecule has 0 aliphatic carbocycles. The van der Waals surface area contributed by atoms with Gasteiger partial charge < -0.3 is 78.2 Å². The summed E-state index contributed by atoms with van der Waals surface area (Å²) in [6.45, 7) is 14.1. The molecule has 2 fully saturated rings. The standard InChI is InChI=1S/C53H59N7O11.C30H33N5O4.CO2/c1-6-24-70-53(66)60-42-30-45(33(2)27-40(42)50(64)59-23-9-7-12-41(59)51(60)71-47-14-8-10-25-69-47)68-26-11-13-46(61)54-39-29-44(58(4)32-39)49(63)56-37-19-15-34(16-20-37)36-28-43(57(3)31-36)48(62)55-38-21-17-35(18-22-38)52(65)67-5;1-19-7-11-22(12-8-19)31-27(36)25-15-21(17-34(25)5)20-9-13-23(14-10-20)32-28(37)26-16-24(18-35(26)6)33-29(38)39-30(2,3)4;2-1-3/h6,15-22,27-32,41,47,51H,1,7-14,23-26H2,2-5H3,(H,54,61)(H,55,62)(H,56,63);7-18H,1-6H3,(H,31,36)(H,32,37)(H,33,38);/t41-,47?,51?;;/m0../s1. The van der Waals surface area contributed by atoms with Crippen LogP contribution < -0.4 is 41.5 Å². The molecule has 6 N–H and O–H groups in total. The smallest absolute Gasteiger partial charge is 0.416 e. The van der Waals surface area contributed by atoms with Crippen molar-refractivity contribution < 1.29 is 81.2 Å². The van der Waals surface area contributed by atoms with E-state index in [0.717, 1.165) is 59.2 Å². The van der Waals surface area contributed by atoms with Crippen LogP contribution in [0, 0.1) is 13.8 Å². The first-order chi connectivity index (χ1) is 54.1. The van der Waals surface area contributed by atoms with Crippen LogP contribution in [-0.2, 0) is 66.3 Å². The lowest BCUT2D eigenvalue weighted by molar-refractivity contribution is -0.198. The Morgan fingerprint density at radius 3 is 1.57 bits per heavy atom. The third-order valence-electron chi connectivity index (χ3n) is 18.6. The molecular weight excluding hydrogens is 1450 g/mol. The molecule has 0 radical (unpaired) electrons. The van der Waals surface area contributed by atoms with Crippen LogP contribution in [0.25, 0.3) is 22.3 Å². The first-order valence-corrected chi connectivity index (χ1v) is 36.7. The Kier molecular flexibility index (Phi) is 27.4. The molecule has 113 heavy (non-hydrogen) atoms. The van der Waals surface area contributed by atoms with Crippen molar-refractivity contribution in [3.8, 4) is 28.0 Å². The predicted molar refractivity (Wildman–Crippen MR) is 424 cm³/mol. The summed E-state index contributed by atoms with van der Waals surface area (Å²) in [6.07, 6.45) is 11.4. The van der Waals surface area contributed by atoms with Crippen molar-refractivity contribution in [3.05, 3.63) is 216 Å². The zero-order chi connectivity index (χ0) is 81.2. The fourth-order valence-corrected chi connectivity index (χ4v) is 13.1. The number of nitrogens with one attached hydrogen (secondary N) is 6. The lowest BCUT2D eigenvalue weighted by atomic mass is 10.00. The Morgan fingerprint density at radius 1 is 0.584 bits per heavy atom. The van der Waals surface area contributed by atoms with E-state index in [1.165, 1.54) is 18.1 Å². The number of aryl methyl sites for hydroxylation is 6. The first-order valence-electron chi connectivity index (χ1n) is 36.7. The summed E-state index contributed by atoms with van der Waals surface area (Å²) in [4.78, 5) is 137. The average Bonchev–Trinajstić information content (AvgIpc) is 1.62. The summed E-state index contributed by atoms with van der Waals surface area (Å²) < 4.78 is 41.1. The number of benzene rings is 5. The highest BCUT2D eigenvalue weighted by Gasteiger charge is 2.47. The summed E-state index contributed by atoms with van der Waals surface area (Å²) in [7, 11) is 8.34. The molecule has 0 saturated carbocycles. The monoisotopic (exact) mass is 1540 g/mol. The third-order valence-corrected chi connectivity index (χ3v) is 18.6. The highest BCUT2D eigenvalue weighted by molar-refractivity contribution is 6.08. The molecule has 0 bridgehead atoms. The summed E-state index contributed by atoms with van der Waals surface area (Å²) in [5.41, 5.74) is 10.6. The van der Waals surface area contributed by atoms with Gasteiger partial charge in [0.15, 0.2) is 12.5 Å². The number of anilines is 7. The molecule has 3 aliphatic heterocycles. The van der Waals surface area contributed by atoms with E-state index in [0.29, 0.717) is 112 Å². The van der Waals surface area contributed by atoms with Gasteiger partial charge in [0.2, 0.25) is 5.91 Å². The van der Waals surface area contributed by atoms with Crippen molar-refractivity contribution in [1.29, 1.82) is 0 Å². The normalized spacial score (nSPS) is 14.9. The van der Waals surface area contributed by atoms with Gasteiger partial charge in [-0.2, -0.15) is 9.59 Å². The van der Waals surface area contributed by atoms with Crippen LogP contribution in [0.1, 0.15) is 146 Å². The molecule has 5 aromatic carbocycles. The van der Waals surface area contributed by atoms with Crippen LogP contribution in [0.5, 0.6) is 5.75 Å². The first kappa shape index (κ1) is 82.4. The minimum absolute atomic E-state index is 0.0343. The third kappa shape index (κ3) is 21.5. The fraction of sp³-hybridized carbons (Fsp3) is 0.310. The Morgan fingerprint density at radius 2 is 1.07 bits per heavy atom. The summed E-state index contributed by atoms with van der Waals surface area (Å²) >= 11 is 0. The second-order valence-electron chi connectivity index (χ2n) is 28.3. The maximum atomic E-state index is 14.2. The van der Waals surface area contributed by atoms with Crippen LogP contribution >= 0.6 is 0 Å². The number of hydrogen-bond donors (Lipinski definition) is 6. The second-order valence-corrected chi connectivity index (χ2v) is 28.3. The Hall–Kier alpha value is -13.1. The SMILES string of the molecule is C=CCOC(=O)N1c2cc(OCCCC(=O)Nc3cc(C(=O)Nc4ccc(-c5cc(C(=O)Nc6ccc(C(=O)OC)cc6)n(C)c5)cc4)n(C)c3)c(C)cc2C(=O)N2CCCC[C@H]2C1OC1CCCCO1.Cc1ccc(NC(=O)c2cc(-c3ccc(NC(=O)c4cc(NC(=O)OC(C)(C)C)cn4C)cc3)cn2C)cc1.O=C=O. The number of aromatic nitrogens is 4. The van der Waals surface area contributed by atoms with E-state index in [9.17, 15) is 43.2 Å². The Labute approximate surface area is 653 Å². The van der Waals surface area contributed by atoms with Crippen LogP contribution in [-0.4, -0.2) is 141 Å². The molecular formula is C84H92N12O17. The molecule has 4 aromatic heterocycles. The largest absolute Gasteiger partial charge is 0.493 e. The average molecular weight is 1540 g/mol. The van der Waals surface area contributed by atoms with E-state index in [1.54, 1.807) is 151 Å². The van der Waals surface area contributed by atoms with E-state index < -0.39 is 42.3 Å². The van der Waals surface area contributed by atoms with Crippen LogP contribution in [0.4, 0.5) is 49.4 Å². The lowest BCUT2D eigenvalue weighted by Crippen LogP contribution is -2.57. The van der Waals surface area contributed by atoms with Gasteiger partial charge in [0.1, 0.15) is 40.7 Å². The van der Waals surface area contributed by atoms with E-state index in [-0.39, 0.29) is 61.2 Å². The molecule has 9 aromatic rings. The molecule has 590 valence electrons. The fourth-order valence-electron chi connectivity index (χ4n) is 13.1. The molecule has 12 rings (SSSR count). The van der Waals surface area contributed by atoms with Crippen molar-refractivity contribution in [3.63, 3.8) is 0 Å². The van der Waals surface area contributed by atoms with Crippen molar-refractivity contribution in [2.45, 2.75) is 110 Å². The highest BCUT2D eigenvalue weighted by Crippen LogP contribution is 2.41. The van der Waals surface area contributed by atoms with Gasteiger partial charge in [-0.25, -0.2) is 19.3 Å². The summed E-state index contributed by atoms with van der Waals surface area (Å²) in [6, 6.07) is 38.4. The minimum atomic E-state index is -0.871. The van der Waals surface area contributed by atoms with Crippen LogP contribution in [0.2, 0.25) is 0 Å². The predicted octanol–water partition coefficient (Wildman–Crippen LogP) is 14.0. The number of amides is 8. The van der Waals surface area contributed by atoms with E-state index >= 15 is 0 Å². The minimum Gasteiger partial charge on any atom is -0.493 e. The van der Waals surface area contributed by atoms with Crippen LogP contribution in [0.3, 0.4) is 0 Å². The number of rotatable bonds is 22. The highest BCUT2D eigenvalue weighted by atomic mass is 16.7. The molecule has 0 spiro atoms. The summed E-state index contributed by atoms with van der Waals surface area (Å²) in [5, 5.41) is 17.1. The van der Waals surface area contributed by atoms with Gasteiger partial charge in [-0.15, -0.1) is 0 Å². The van der Waals surface area contributed by atoms with Gasteiger partial charge in [-0.1, -0.05) is 54.6 Å². The van der Waals surface area contributed by atoms with Gasteiger partial charge in [-0.05, 0) is 187 Å². The van der Waals surface area contributed by atoms with Gasteiger partial charge in [0.25, 0.3) is 29.5 Å². The number of piperidine rings is 1. The maximum absolute atomic E-state index is 14.2. The van der Waals surface area contributed by atoms with Gasteiger partial charge in [0, 0.05) is 112 Å². The molecule has 29 heteroatoms. The molecule has 3 aliphatic rings.